The second-order valence-electron chi connectivity index (χ2n) is 3.43. The maximum atomic E-state index is 13.2. The summed E-state index contributed by atoms with van der Waals surface area (Å²) in [5.41, 5.74) is 4.77. The van der Waals surface area contributed by atoms with Gasteiger partial charge in [0.15, 0.2) is 9.84 Å². The van der Waals surface area contributed by atoms with Gasteiger partial charge in [0.1, 0.15) is 11.6 Å². The van der Waals surface area contributed by atoms with E-state index in [9.17, 15) is 17.2 Å². The fourth-order valence-corrected chi connectivity index (χ4v) is 2.73. The molecule has 2 N–H and O–H groups in total. The molecule has 0 saturated heterocycles. The van der Waals surface area contributed by atoms with Crippen molar-refractivity contribution < 1.29 is 17.2 Å². The Labute approximate surface area is 93.2 Å². The van der Waals surface area contributed by atoms with Crippen molar-refractivity contribution in [3.05, 3.63) is 35.4 Å². The predicted molar refractivity (Wildman–Crippen MR) is 57.5 cm³/mol. The Balaban J connectivity index is 2.88. The number of halogens is 2. The zero-order valence-corrected chi connectivity index (χ0v) is 9.43. The van der Waals surface area contributed by atoms with E-state index >= 15 is 0 Å². The van der Waals surface area contributed by atoms with Crippen molar-refractivity contribution in [2.45, 2.75) is 12.2 Å². The van der Waals surface area contributed by atoms with Gasteiger partial charge < -0.3 is 5.73 Å². The van der Waals surface area contributed by atoms with Gasteiger partial charge in [0.05, 0.1) is 11.5 Å². The van der Waals surface area contributed by atoms with Gasteiger partial charge in [0.2, 0.25) is 0 Å². The van der Waals surface area contributed by atoms with Crippen LogP contribution in [-0.2, 0) is 15.6 Å². The normalized spacial score (nSPS) is 11.7. The minimum atomic E-state index is -3.50. The maximum Gasteiger partial charge on any atom is 0.154 e. The number of hydrogen-bond donors (Lipinski definition) is 1. The van der Waals surface area contributed by atoms with Crippen LogP contribution >= 0.6 is 0 Å². The molecule has 6 heteroatoms. The largest absolute Gasteiger partial charge is 0.330 e. The molecule has 0 radical (unpaired) electrons. The number of benzene rings is 1. The highest BCUT2D eigenvalue weighted by Gasteiger charge is 2.17. The summed E-state index contributed by atoms with van der Waals surface area (Å²) in [7, 11) is -3.50. The average Bonchev–Trinajstić information content (AvgIpc) is 2.21. The summed E-state index contributed by atoms with van der Waals surface area (Å²) in [6.45, 7) is 0.235. The van der Waals surface area contributed by atoms with Gasteiger partial charge in [-0.1, -0.05) is 6.07 Å². The van der Waals surface area contributed by atoms with Crippen molar-refractivity contribution in [1.29, 1.82) is 0 Å². The van der Waals surface area contributed by atoms with Crippen molar-refractivity contribution in [3.8, 4) is 0 Å². The molecule has 0 heterocycles. The van der Waals surface area contributed by atoms with Gasteiger partial charge in [-0.05, 0) is 25.1 Å². The topological polar surface area (TPSA) is 60.2 Å². The third-order valence-corrected chi connectivity index (χ3v) is 3.72. The van der Waals surface area contributed by atoms with E-state index in [1.54, 1.807) is 0 Å². The van der Waals surface area contributed by atoms with E-state index in [-0.39, 0.29) is 12.3 Å². The fourth-order valence-electron chi connectivity index (χ4n) is 1.27. The second kappa shape index (κ2) is 5.36. The summed E-state index contributed by atoms with van der Waals surface area (Å²) >= 11 is 0. The lowest BCUT2D eigenvalue weighted by atomic mass is 10.2. The van der Waals surface area contributed by atoms with Gasteiger partial charge in [-0.25, -0.2) is 17.2 Å². The van der Waals surface area contributed by atoms with Crippen LogP contribution in [0.5, 0.6) is 0 Å². The van der Waals surface area contributed by atoms with E-state index in [0.29, 0.717) is 6.42 Å². The van der Waals surface area contributed by atoms with Gasteiger partial charge in [-0.15, -0.1) is 0 Å². The lowest BCUT2D eigenvalue weighted by Gasteiger charge is -2.05. The Bertz CT molecular complexity index is 440. The molecule has 0 spiro atoms. The average molecular weight is 249 g/mol. The molecule has 1 rings (SSSR count). The Hall–Kier alpha value is -1.01. The lowest BCUT2D eigenvalue weighted by Crippen LogP contribution is -2.14. The molecular weight excluding hydrogens is 236 g/mol. The van der Waals surface area contributed by atoms with Crippen LogP contribution < -0.4 is 5.73 Å². The molecule has 0 aromatic heterocycles. The van der Waals surface area contributed by atoms with Gasteiger partial charge in [0, 0.05) is 5.56 Å². The number of rotatable bonds is 5. The van der Waals surface area contributed by atoms with Crippen LogP contribution in [0.1, 0.15) is 12.0 Å². The summed E-state index contributed by atoms with van der Waals surface area (Å²) in [5.74, 6) is -2.45. The molecule has 0 unspecified atom stereocenters. The Morgan fingerprint density at radius 3 is 2.25 bits per heavy atom. The van der Waals surface area contributed by atoms with E-state index in [4.69, 9.17) is 5.73 Å². The zero-order valence-electron chi connectivity index (χ0n) is 8.62. The van der Waals surface area contributed by atoms with Crippen LogP contribution in [0.3, 0.4) is 0 Å². The molecule has 1 aromatic carbocycles. The van der Waals surface area contributed by atoms with Crippen molar-refractivity contribution in [2.75, 3.05) is 12.3 Å². The summed E-state index contributed by atoms with van der Waals surface area (Å²) in [5, 5.41) is 0. The molecule has 16 heavy (non-hydrogen) atoms. The van der Waals surface area contributed by atoms with Crippen molar-refractivity contribution in [3.63, 3.8) is 0 Å². The van der Waals surface area contributed by atoms with Gasteiger partial charge >= 0.3 is 0 Å². The molecule has 0 fully saturated rings. The van der Waals surface area contributed by atoms with Crippen LogP contribution in [0.15, 0.2) is 18.2 Å². The fraction of sp³-hybridized carbons (Fsp3) is 0.400. The first-order valence-electron chi connectivity index (χ1n) is 4.79. The molecule has 0 atom stereocenters. The van der Waals surface area contributed by atoms with E-state index in [0.717, 1.165) is 12.1 Å². The first-order chi connectivity index (χ1) is 7.46. The molecule has 90 valence electrons. The van der Waals surface area contributed by atoms with Crippen LogP contribution in [0.2, 0.25) is 0 Å². The van der Waals surface area contributed by atoms with Crippen molar-refractivity contribution >= 4 is 9.84 Å². The van der Waals surface area contributed by atoms with E-state index in [1.165, 1.54) is 6.07 Å². The zero-order chi connectivity index (χ0) is 12.2. The minimum Gasteiger partial charge on any atom is -0.330 e. The summed E-state index contributed by atoms with van der Waals surface area (Å²) in [4.78, 5) is 0. The predicted octanol–water partition coefficient (Wildman–Crippen LogP) is 1.23. The monoisotopic (exact) mass is 249 g/mol. The van der Waals surface area contributed by atoms with Gasteiger partial charge in [0.25, 0.3) is 0 Å². The third-order valence-electron chi connectivity index (χ3n) is 2.09. The second-order valence-corrected chi connectivity index (χ2v) is 5.62. The highest BCUT2D eigenvalue weighted by Crippen LogP contribution is 2.15. The highest BCUT2D eigenvalue weighted by atomic mass is 32.2. The Kier molecular flexibility index (Phi) is 4.37. The molecule has 1 aromatic rings. The molecule has 0 aliphatic heterocycles. The number of sulfone groups is 1. The summed E-state index contributed by atoms with van der Waals surface area (Å²) in [6.07, 6.45) is 0.290. The van der Waals surface area contributed by atoms with Crippen LogP contribution in [-0.4, -0.2) is 20.7 Å². The molecule has 0 aliphatic rings. The van der Waals surface area contributed by atoms with Crippen molar-refractivity contribution in [1.82, 2.24) is 0 Å². The maximum absolute atomic E-state index is 13.2. The SMILES string of the molecule is NCCCS(=O)(=O)Cc1c(F)cccc1F. The van der Waals surface area contributed by atoms with Crippen molar-refractivity contribution in [2.24, 2.45) is 5.73 Å². The standard InChI is InChI=1S/C10H13F2NO2S/c11-9-3-1-4-10(12)8(9)7-16(14,15)6-2-5-13/h1,3-4H,2,5-7,13H2. The van der Waals surface area contributed by atoms with Crippen LogP contribution in [0.4, 0.5) is 8.78 Å². The first kappa shape index (κ1) is 13.1. The number of hydrogen-bond acceptors (Lipinski definition) is 3. The Morgan fingerprint density at radius 2 is 1.75 bits per heavy atom. The molecule has 0 saturated carbocycles. The van der Waals surface area contributed by atoms with Gasteiger partial charge in [-0.3, -0.25) is 0 Å². The quantitative estimate of drug-likeness (QED) is 0.853. The van der Waals surface area contributed by atoms with Crippen LogP contribution in [0.25, 0.3) is 0 Å². The number of nitrogens with two attached hydrogens (primary N) is 1. The highest BCUT2D eigenvalue weighted by molar-refractivity contribution is 7.90. The van der Waals surface area contributed by atoms with Gasteiger partial charge in [-0.2, -0.15) is 0 Å². The third kappa shape index (κ3) is 3.53. The summed E-state index contributed by atoms with van der Waals surface area (Å²) in [6, 6.07) is 3.27. The van der Waals surface area contributed by atoms with E-state index in [1.807, 2.05) is 0 Å². The molecule has 0 aliphatic carbocycles. The Morgan fingerprint density at radius 1 is 1.19 bits per heavy atom. The summed E-state index contributed by atoms with van der Waals surface area (Å²) < 4.78 is 49.3. The molecular formula is C10H13F2NO2S. The van der Waals surface area contributed by atoms with E-state index in [2.05, 4.69) is 0 Å². The minimum absolute atomic E-state index is 0.155. The van der Waals surface area contributed by atoms with Crippen LogP contribution in [0, 0.1) is 11.6 Å². The molecule has 0 bridgehead atoms. The van der Waals surface area contributed by atoms with E-state index < -0.39 is 32.8 Å². The molecule has 0 amide bonds. The first-order valence-corrected chi connectivity index (χ1v) is 6.62. The molecule has 3 nitrogen and oxygen atoms in total. The lowest BCUT2D eigenvalue weighted by molar-refractivity contribution is 0.555. The smallest absolute Gasteiger partial charge is 0.154 e.